The van der Waals surface area contributed by atoms with Gasteiger partial charge in [-0.3, -0.25) is 19.5 Å². The van der Waals surface area contributed by atoms with E-state index in [9.17, 15) is 14.9 Å². The number of nitro groups is 1. The van der Waals surface area contributed by atoms with E-state index in [2.05, 4.69) is 78.1 Å². The predicted molar refractivity (Wildman–Crippen MR) is 186 cm³/mol. The predicted octanol–water partition coefficient (Wildman–Crippen LogP) is 8.09. The van der Waals surface area contributed by atoms with Crippen molar-refractivity contribution in [3.63, 3.8) is 0 Å². The van der Waals surface area contributed by atoms with Crippen molar-refractivity contribution in [1.29, 1.82) is 0 Å². The number of ether oxygens (including phenoxy) is 1. The van der Waals surface area contributed by atoms with Gasteiger partial charge in [0.25, 0.3) is 11.2 Å². The van der Waals surface area contributed by atoms with Crippen LogP contribution in [0.25, 0.3) is 11.8 Å². The molecule has 0 spiro atoms. The SMILES string of the molecule is O=c1/c(=C/c2cc(Br)c(OCc3ccc([N+](=O)[O-])cc3)c(Br)c2)sc2n1[C@@H](c1ccc(Br)cc1)C1=C(N=2)c2ccccc2CC1. The molecule has 0 radical (unpaired) electrons. The van der Waals surface area contributed by atoms with Gasteiger partial charge in [-0.15, -0.1) is 0 Å². The zero-order chi connectivity index (χ0) is 31.2. The average molecular weight is 808 g/mol. The quantitative estimate of drug-likeness (QED) is 0.128. The van der Waals surface area contributed by atoms with Crippen molar-refractivity contribution in [3.8, 4) is 5.75 Å². The second kappa shape index (κ2) is 12.3. The van der Waals surface area contributed by atoms with Crippen LogP contribution in [0.1, 0.15) is 40.3 Å². The molecule has 0 fully saturated rings. The van der Waals surface area contributed by atoms with Crippen LogP contribution in [-0.4, -0.2) is 9.49 Å². The highest BCUT2D eigenvalue weighted by molar-refractivity contribution is 9.11. The van der Waals surface area contributed by atoms with Gasteiger partial charge < -0.3 is 4.74 Å². The van der Waals surface area contributed by atoms with Crippen LogP contribution in [0.4, 0.5) is 5.69 Å². The van der Waals surface area contributed by atoms with Crippen LogP contribution in [0.2, 0.25) is 0 Å². The number of fused-ring (bicyclic) bond motifs is 3. The molecule has 5 aromatic rings. The van der Waals surface area contributed by atoms with Crippen molar-refractivity contribution >= 4 is 76.6 Å². The Morgan fingerprint density at radius 2 is 1.69 bits per heavy atom. The largest absolute Gasteiger partial charge is 0.487 e. The van der Waals surface area contributed by atoms with Gasteiger partial charge in [0.1, 0.15) is 12.4 Å². The summed E-state index contributed by atoms with van der Waals surface area (Å²) in [6, 6.07) is 26.4. The summed E-state index contributed by atoms with van der Waals surface area (Å²) in [6.07, 6.45) is 3.62. The van der Waals surface area contributed by atoms with Gasteiger partial charge in [-0.05, 0) is 115 Å². The first kappa shape index (κ1) is 30.0. The lowest BCUT2D eigenvalue weighted by atomic mass is 9.83. The molecule has 45 heavy (non-hydrogen) atoms. The van der Waals surface area contributed by atoms with E-state index < -0.39 is 4.92 Å². The van der Waals surface area contributed by atoms with E-state index in [1.165, 1.54) is 29.0 Å². The lowest BCUT2D eigenvalue weighted by molar-refractivity contribution is -0.384. The van der Waals surface area contributed by atoms with Crippen LogP contribution < -0.4 is 19.6 Å². The van der Waals surface area contributed by atoms with Gasteiger partial charge in [-0.2, -0.15) is 0 Å². The fourth-order valence-corrected chi connectivity index (χ4v) is 8.51. The number of nitrogens with zero attached hydrogens (tertiary/aromatic N) is 3. The van der Waals surface area contributed by atoms with Crippen LogP contribution in [0.5, 0.6) is 5.75 Å². The Hall–Kier alpha value is -3.64. The Balaban J connectivity index is 1.27. The van der Waals surface area contributed by atoms with Crippen molar-refractivity contribution in [2.45, 2.75) is 25.5 Å². The van der Waals surface area contributed by atoms with Gasteiger partial charge >= 0.3 is 0 Å². The van der Waals surface area contributed by atoms with Crippen molar-refractivity contribution in [2.75, 3.05) is 0 Å². The minimum Gasteiger partial charge on any atom is -0.487 e. The molecular formula is C34H22Br3N3O4S. The average Bonchev–Trinajstić information content (AvgIpc) is 3.34. The molecule has 11 heteroatoms. The van der Waals surface area contributed by atoms with Crippen molar-refractivity contribution in [3.05, 3.63) is 162 Å². The molecule has 1 aliphatic carbocycles. The summed E-state index contributed by atoms with van der Waals surface area (Å²) in [4.78, 5) is 30.4. The summed E-state index contributed by atoms with van der Waals surface area (Å²) in [5, 5.41) is 10.9. The van der Waals surface area contributed by atoms with E-state index in [4.69, 9.17) is 9.73 Å². The van der Waals surface area contributed by atoms with Crippen LogP contribution >= 0.6 is 59.1 Å². The maximum absolute atomic E-state index is 14.1. The second-order valence-corrected chi connectivity index (χ2v) is 14.3. The third kappa shape index (κ3) is 5.78. The van der Waals surface area contributed by atoms with Crippen LogP contribution in [0.15, 0.2) is 114 Å². The Kier molecular flexibility index (Phi) is 8.20. The normalized spacial score (nSPS) is 15.6. The summed E-state index contributed by atoms with van der Waals surface area (Å²) in [5.41, 5.74) is 7.16. The van der Waals surface area contributed by atoms with Gasteiger partial charge in [0.15, 0.2) is 4.80 Å². The van der Waals surface area contributed by atoms with Gasteiger partial charge in [0.05, 0.1) is 30.1 Å². The zero-order valence-electron chi connectivity index (χ0n) is 23.4. The highest BCUT2D eigenvalue weighted by Gasteiger charge is 2.32. The van der Waals surface area contributed by atoms with E-state index >= 15 is 0 Å². The van der Waals surface area contributed by atoms with E-state index in [0.717, 1.165) is 50.8 Å². The lowest BCUT2D eigenvalue weighted by Crippen LogP contribution is -2.38. The maximum atomic E-state index is 14.1. The number of hydrogen-bond donors (Lipinski definition) is 0. The van der Waals surface area contributed by atoms with Crippen molar-refractivity contribution in [1.82, 2.24) is 4.57 Å². The smallest absolute Gasteiger partial charge is 0.271 e. The Bertz CT molecular complexity index is 2180. The van der Waals surface area contributed by atoms with E-state index in [-0.39, 0.29) is 23.9 Å². The highest BCUT2D eigenvalue weighted by Crippen LogP contribution is 2.41. The number of hydrogen-bond acceptors (Lipinski definition) is 6. The Labute approximate surface area is 286 Å². The molecule has 0 N–H and O–H groups in total. The molecule has 7 rings (SSSR count). The van der Waals surface area contributed by atoms with Crippen molar-refractivity contribution < 1.29 is 9.66 Å². The molecule has 1 aliphatic heterocycles. The summed E-state index contributed by atoms with van der Waals surface area (Å²) in [7, 11) is 0. The fraction of sp³-hybridized carbons (Fsp3) is 0.118. The summed E-state index contributed by atoms with van der Waals surface area (Å²) in [5.74, 6) is 0.591. The van der Waals surface area contributed by atoms with Crippen molar-refractivity contribution in [2.24, 2.45) is 4.99 Å². The molecule has 0 bridgehead atoms. The molecule has 1 aromatic heterocycles. The minimum absolute atomic E-state index is 0.0314. The number of allylic oxidation sites excluding steroid dienone is 1. The molecule has 0 unspecified atom stereocenters. The molecule has 0 saturated carbocycles. The number of halogens is 3. The third-order valence-corrected chi connectivity index (χ3v) is 10.6. The molecule has 0 amide bonds. The molecule has 2 aliphatic rings. The standard InChI is InChI=1S/C34H22Br3N3O4S/c35-23-10-7-22(8-11-23)31-26-14-9-21-3-1-2-4-25(21)30(26)38-34-39(31)33(41)29(45-34)17-20-15-27(36)32(28(37)16-20)44-18-19-5-12-24(13-6-19)40(42)43/h1-8,10-13,15-17,31H,9,14,18H2/b29-17-/t31-/m0/s1. The van der Waals surface area contributed by atoms with Gasteiger partial charge in [0.2, 0.25) is 0 Å². The third-order valence-electron chi connectivity index (χ3n) is 7.91. The monoisotopic (exact) mass is 805 g/mol. The number of aryl methyl sites for hydroxylation is 1. The molecule has 2 heterocycles. The maximum Gasteiger partial charge on any atom is 0.271 e. The number of thiazole rings is 1. The topological polar surface area (TPSA) is 86.7 Å². The highest BCUT2D eigenvalue weighted by atomic mass is 79.9. The Morgan fingerprint density at radius 3 is 2.40 bits per heavy atom. The Morgan fingerprint density at radius 1 is 0.978 bits per heavy atom. The van der Waals surface area contributed by atoms with Gasteiger partial charge in [0, 0.05) is 22.2 Å². The number of non-ortho nitro benzene ring substituents is 1. The van der Waals surface area contributed by atoms with E-state index in [0.29, 0.717) is 24.0 Å². The molecule has 4 aromatic carbocycles. The first-order valence-electron chi connectivity index (χ1n) is 14.0. The lowest BCUT2D eigenvalue weighted by Gasteiger charge is -2.30. The summed E-state index contributed by atoms with van der Waals surface area (Å²) < 4.78 is 10.9. The molecule has 0 saturated heterocycles. The van der Waals surface area contributed by atoms with E-state index in [1.54, 1.807) is 12.1 Å². The van der Waals surface area contributed by atoms with Crippen LogP contribution in [0, 0.1) is 10.1 Å². The van der Waals surface area contributed by atoms with Gasteiger partial charge in [-0.1, -0.05) is 63.7 Å². The number of benzene rings is 4. The number of aromatic nitrogens is 1. The summed E-state index contributed by atoms with van der Waals surface area (Å²) in [6.45, 7) is 0.233. The van der Waals surface area contributed by atoms with Crippen LogP contribution in [-0.2, 0) is 13.0 Å². The zero-order valence-corrected chi connectivity index (χ0v) is 29.0. The molecule has 224 valence electrons. The first-order valence-corrected chi connectivity index (χ1v) is 17.2. The summed E-state index contributed by atoms with van der Waals surface area (Å²) >= 11 is 12.2. The molecule has 7 nitrogen and oxygen atoms in total. The fourth-order valence-electron chi connectivity index (χ4n) is 5.79. The van der Waals surface area contributed by atoms with E-state index in [1.807, 2.05) is 41.0 Å². The number of rotatable bonds is 6. The molecular weight excluding hydrogens is 786 g/mol. The minimum atomic E-state index is -0.429. The van der Waals surface area contributed by atoms with Gasteiger partial charge in [-0.25, -0.2) is 4.99 Å². The first-order chi connectivity index (χ1) is 21.8. The molecule has 1 atom stereocenters. The van der Waals surface area contributed by atoms with Crippen LogP contribution in [0.3, 0.4) is 0 Å². The second-order valence-electron chi connectivity index (χ2n) is 10.7. The number of nitro benzene ring substituents is 1.